The lowest BCUT2D eigenvalue weighted by Crippen LogP contribution is -2.08. The van der Waals surface area contributed by atoms with Crippen molar-refractivity contribution in [3.05, 3.63) is 48.0 Å². The molecule has 1 aromatic carbocycles. The Morgan fingerprint density at radius 3 is 2.52 bits per heavy atom. The van der Waals surface area contributed by atoms with Gasteiger partial charge in [-0.25, -0.2) is 9.37 Å². The summed E-state index contributed by atoms with van der Waals surface area (Å²) in [6.45, 7) is 8.96. The van der Waals surface area contributed by atoms with Crippen molar-refractivity contribution in [3.63, 3.8) is 0 Å². The second-order valence-corrected chi connectivity index (χ2v) is 7.69. The molecule has 7 heteroatoms. The second-order valence-electron chi connectivity index (χ2n) is 6.38. The maximum Gasteiger partial charge on any atom is 0.239 e. The minimum atomic E-state index is -0.242. The van der Waals surface area contributed by atoms with E-state index in [0.29, 0.717) is 17.6 Å². The van der Waals surface area contributed by atoms with E-state index in [-0.39, 0.29) is 11.1 Å². The summed E-state index contributed by atoms with van der Waals surface area (Å²) in [5, 5.41) is 4.73. The van der Waals surface area contributed by atoms with Gasteiger partial charge in [0.15, 0.2) is 11.0 Å². The van der Waals surface area contributed by atoms with E-state index in [2.05, 4.69) is 33.5 Å². The van der Waals surface area contributed by atoms with Gasteiger partial charge in [-0.05, 0) is 49.6 Å². The van der Waals surface area contributed by atoms with Gasteiger partial charge >= 0.3 is 0 Å². The van der Waals surface area contributed by atoms with Crippen molar-refractivity contribution in [1.29, 1.82) is 0 Å². The highest BCUT2D eigenvalue weighted by Gasteiger charge is 2.20. The lowest BCUT2D eigenvalue weighted by molar-refractivity contribution is 0.376. The zero-order chi connectivity index (χ0) is 18.0. The van der Waals surface area contributed by atoms with Crippen LogP contribution in [0.5, 0.6) is 0 Å². The van der Waals surface area contributed by atoms with Gasteiger partial charge in [-0.15, -0.1) is 0 Å². The molecule has 0 radical (unpaired) electrons. The Balaban J connectivity index is 1.92. The van der Waals surface area contributed by atoms with Gasteiger partial charge in [0.1, 0.15) is 5.82 Å². The van der Waals surface area contributed by atoms with E-state index < -0.39 is 0 Å². The van der Waals surface area contributed by atoms with Crippen LogP contribution in [-0.4, -0.2) is 19.7 Å². The summed E-state index contributed by atoms with van der Waals surface area (Å²) in [5.74, 6) is 1.42. The normalized spacial score (nSPS) is 12.7. The summed E-state index contributed by atoms with van der Waals surface area (Å²) in [4.78, 5) is 8.88. The molecule has 5 nitrogen and oxygen atoms in total. The Morgan fingerprint density at radius 1 is 1.20 bits per heavy atom. The molecular weight excluding hydrogens is 339 g/mol. The van der Waals surface area contributed by atoms with Crippen LogP contribution in [-0.2, 0) is 6.54 Å². The molecule has 0 bridgehead atoms. The molecule has 0 fully saturated rings. The third kappa shape index (κ3) is 4.10. The van der Waals surface area contributed by atoms with Crippen molar-refractivity contribution < 1.29 is 8.91 Å². The van der Waals surface area contributed by atoms with Crippen LogP contribution >= 0.6 is 11.8 Å². The van der Waals surface area contributed by atoms with E-state index in [0.717, 1.165) is 23.0 Å². The summed E-state index contributed by atoms with van der Waals surface area (Å²) >= 11 is 1.58. The zero-order valence-corrected chi connectivity index (χ0v) is 15.5. The van der Waals surface area contributed by atoms with Crippen LogP contribution in [0.3, 0.4) is 0 Å². The van der Waals surface area contributed by atoms with E-state index in [1.54, 1.807) is 30.8 Å². The summed E-state index contributed by atoms with van der Waals surface area (Å²) in [7, 11) is 0. The highest BCUT2D eigenvalue weighted by Crippen LogP contribution is 2.36. The standard InChI is InChI=1S/C18H21FN4OS/c1-11(2)10-23-16(14-5-7-15(19)8-6-14)9-20-18(23)25-12(3)17-21-13(4)22-24-17/h5-9,11-12H,10H2,1-4H3/t12-/m0/s1. The molecule has 0 amide bonds. The third-order valence-corrected chi connectivity index (χ3v) is 4.77. The molecule has 0 aliphatic rings. The molecule has 0 aliphatic carbocycles. The molecule has 0 saturated heterocycles. The second kappa shape index (κ2) is 7.39. The molecule has 25 heavy (non-hydrogen) atoms. The van der Waals surface area contributed by atoms with Crippen molar-refractivity contribution in [1.82, 2.24) is 19.7 Å². The minimum absolute atomic E-state index is 0.00409. The number of thioether (sulfide) groups is 1. The lowest BCUT2D eigenvalue weighted by atomic mass is 10.1. The summed E-state index contributed by atoms with van der Waals surface area (Å²) in [6.07, 6.45) is 1.84. The van der Waals surface area contributed by atoms with Crippen LogP contribution in [0.15, 0.2) is 40.1 Å². The summed E-state index contributed by atoms with van der Waals surface area (Å²) in [6, 6.07) is 6.50. The van der Waals surface area contributed by atoms with Crippen LogP contribution in [0.4, 0.5) is 4.39 Å². The first-order valence-electron chi connectivity index (χ1n) is 8.22. The minimum Gasteiger partial charge on any atom is -0.338 e. The van der Waals surface area contributed by atoms with Crippen molar-refractivity contribution in [2.45, 2.75) is 44.6 Å². The quantitative estimate of drug-likeness (QED) is 0.586. The highest BCUT2D eigenvalue weighted by molar-refractivity contribution is 7.99. The first kappa shape index (κ1) is 17.7. The topological polar surface area (TPSA) is 56.7 Å². The number of hydrogen-bond acceptors (Lipinski definition) is 5. The number of rotatable bonds is 6. The molecule has 0 saturated carbocycles. The van der Waals surface area contributed by atoms with Gasteiger partial charge in [-0.1, -0.05) is 30.8 Å². The van der Waals surface area contributed by atoms with Crippen LogP contribution in [0.25, 0.3) is 11.3 Å². The maximum atomic E-state index is 13.2. The van der Waals surface area contributed by atoms with Gasteiger partial charge in [0, 0.05) is 6.54 Å². The van der Waals surface area contributed by atoms with Crippen molar-refractivity contribution in [3.8, 4) is 11.3 Å². The number of nitrogens with zero attached hydrogens (tertiary/aromatic N) is 4. The molecule has 0 spiro atoms. The number of halogens is 1. The SMILES string of the molecule is Cc1noc([C@H](C)Sc2ncc(-c3ccc(F)cc3)n2CC(C)C)n1. The molecule has 0 unspecified atom stereocenters. The predicted molar refractivity (Wildman–Crippen MR) is 95.8 cm³/mol. The average Bonchev–Trinajstić information content (AvgIpc) is 3.15. The van der Waals surface area contributed by atoms with E-state index in [4.69, 9.17) is 4.52 Å². The number of aromatic nitrogens is 4. The molecule has 1 atom stereocenters. The Bertz CT molecular complexity index is 841. The smallest absolute Gasteiger partial charge is 0.239 e. The molecule has 2 aromatic heterocycles. The molecule has 0 aliphatic heterocycles. The number of aryl methyl sites for hydroxylation is 1. The number of benzene rings is 1. The van der Waals surface area contributed by atoms with Gasteiger partial charge in [-0.3, -0.25) is 0 Å². The summed E-state index contributed by atoms with van der Waals surface area (Å²) < 4.78 is 20.7. The van der Waals surface area contributed by atoms with Gasteiger partial charge in [-0.2, -0.15) is 4.98 Å². The van der Waals surface area contributed by atoms with Crippen LogP contribution in [0.2, 0.25) is 0 Å². The fraction of sp³-hybridized carbons (Fsp3) is 0.389. The van der Waals surface area contributed by atoms with Crippen LogP contribution < -0.4 is 0 Å². The van der Waals surface area contributed by atoms with Gasteiger partial charge in [0.05, 0.1) is 17.1 Å². The van der Waals surface area contributed by atoms with Crippen LogP contribution in [0, 0.1) is 18.7 Å². The lowest BCUT2D eigenvalue weighted by Gasteiger charge is -2.15. The first-order valence-corrected chi connectivity index (χ1v) is 9.10. The van der Waals surface area contributed by atoms with Crippen molar-refractivity contribution in [2.75, 3.05) is 0 Å². The third-order valence-electron chi connectivity index (χ3n) is 3.68. The highest BCUT2D eigenvalue weighted by atomic mass is 32.2. The molecule has 132 valence electrons. The average molecular weight is 360 g/mol. The molecule has 2 heterocycles. The van der Waals surface area contributed by atoms with Gasteiger partial charge < -0.3 is 9.09 Å². The van der Waals surface area contributed by atoms with E-state index >= 15 is 0 Å². The molecule has 3 rings (SSSR count). The number of imidazole rings is 1. The van der Waals surface area contributed by atoms with E-state index in [1.807, 2.05) is 13.1 Å². The molecular formula is C18H21FN4OS. The van der Waals surface area contributed by atoms with Gasteiger partial charge in [0.25, 0.3) is 0 Å². The Hall–Kier alpha value is -2.15. The fourth-order valence-corrected chi connectivity index (χ4v) is 3.46. The van der Waals surface area contributed by atoms with Crippen molar-refractivity contribution >= 4 is 11.8 Å². The Labute approximate surface area is 150 Å². The maximum absolute atomic E-state index is 13.2. The molecule has 3 aromatic rings. The predicted octanol–water partition coefficient (Wildman–Crippen LogP) is 4.89. The van der Waals surface area contributed by atoms with Gasteiger partial charge in [0.2, 0.25) is 5.89 Å². The largest absolute Gasteiger partial charge is 0.338 e. The Kier molecular flexibility index (Phi) is 5.22. The van der Waals surface area contributed by atoms with E-state index in [1.165, 1.54) is 12.1 Å². The molecule has 0 N–H and O–H groups in total. The van der Waals surface area contributed by atoms with Crippen LogP contribution in [0.1, 0.15) is 37.7 Å². The van der Waals surface area contributed by atoms with Crippen molar-refractivity contribution in [2.24, 2.45) is 5.92 Å². The fourth-order valence-electron chi connectivity index (χ4n) is 2.53. The number of hydrogen-bond donors (Lipinski definition) is 0. The Morgan fingerprint density at radius 2 is 1.92 bits per heavy atom. The monoisotopic (exact) mass is 360 g/mol. The summed E-state index contributed by atoms with van der Waals surface area (Å²) in [5.41, 5.74) is 1.92. The zero-order valence-electron chi connectivity index (χ0n) is 14.7. The first-order chi connectivity index (χ1) is 11.9. The van der Waals surface area contributed by atoms with E-state index in [9.17, 15) is 4.39 Å².